The van der Waals surface area contributed by atoms with Crippen LogP contribution in [0.25, 0.3) is 0 Å². The van der Waals surface area contributed by atoms with Gasteiger partial charge in [0.2, 0.25) is 11.8 Å². The van der Waals surface area contributed by atoms with Gasteiger partial charge in [-0.3, -0.25) is 9.59 Å². The van der Waals surface area contributed by atoms with E-state index >= 15 is 0 Å². The quantitative estimate of drug-likeness (QED) is 0.727. The molecular weight excluding hydrogens is 246 g/mol. The van der Waals surface area contributed by atoms with Crippen LogP contribution in [0, 0.1) is 0 Å². The number of hydrogen-bond acceptors (Lipinski definition) is 4. The van der Waals surface area contributed by atoms with Gasteiger partial charge in [0.25, 0.3) is 0 Å². The standard InChI is InChI=1S/C13H23N3O3/c1-2-14-11-3-5-16(13(11)18)6-4-12(17)15-7-9-19-10-8-15/h11,14H,2-10H2,1H3. The topological polar surface area (TPSA) is 61.9 Å². The van der Waals surface area contributed by atoms with Crippen LogP contribution in [-0.4, -0.2) is 73.6 Å². The van der Waals surface area contributed by atoms with E-state index in [-0.39, 0.29) is 17.9 Å². The second-order valence-electron chi connectivity index (χ2n) is 4.97. The highest BCUT2D eigenvalue weighted by Crippen LogP contribution is 2.12. The Morgan fingerprint density at radius 2 is 2.11 bits per heavy atom. The second-order valence-corrected chi connectivity index (χ2v) is 4.97. The predicted molar refractivity (Wildman–Crippen MR) is 70.7 cm³/mol. The maximum atomic E-state index is 12.0. The van der Waals surface area contributed by atoms with E-state index in [1.165, 1.54) is 0 Å². The molecule has 2 aliphatic heterocycles. The number of carbonyl (C=O) groups is 2. The predicted octanol–water partition coefficient (Wildman–Crippen LogP) is -0.554. The van der Waals surface area contributed by atoms with Gasteiger partial charge in [0, 0.05) is 32.6 Å². The first-order valence-corrected chi connectivity index (χ1v) is 7.10. The van der Waals surface area contributed by atoms with Crippen LogP contribution in [0.1, 0.15) is 19.8 Å². The molecular formula is C13H23N3O3. The molecule has 2 saturated heterocycles. The summed E-state index contributed by atoms with van der Waals surface area (Å²) < 4.78 is 5.22. The normalized spacial score (nSPS) is 24.1. The SMILES string of the molecule is CCNC1CCN(CCC(=O)N2CCOCC2)C1=O. The molecule has 1 unspecified atom stereocenters. The van der Waals surface area contributed by atoms with Crippen molar-refractivity contribution in [3.05, 3.63) is 0 Å². The maximum absolute atomic E-state index is 12.0. The Morgan fingerprint density at radius 1 is 1.37 bits per heavy atom. The maximum Gasteiger partial charge on any atom is 0.239 e. The first-order chi connectivity index (χ1) is 9.22. The number of nitrogens with zero attached hydrogens (tertiary/aromatic N) is 2. The number of hydrogen-bond donors (Lipinski definition) is 1. The van der Waals surface area contributed by atoms with Crippen molar-refractivity contribution in [3.63, 3.8) is 0 Å². The molecule has 0 spiro atoms. The zero-order chi connectivity index (χ0) is 13.7. The summed E-state index contributed by atoms with van der Waals surface area (Å²) >= 11 is 0. The van der Waals surface area contributed by atoms with Gasteiger partial charge in [-0.2, -0.15) is 0 Å². The summed E-state index contributed by atoms with van der Waals surface area (Å²) in [6.07, 6.45) is 1.27. The van der Waals surface area contributed by atoms with E-state index < -0.39 is 0 Å². The summed E-state index contributed by atoms with van der Waals surface area (Å²) in [5.74, 6) is 0.264. The molecule has 2 aliphatic rings. The van der Waals surface area contributed by atoms with Crippen LogP contribution >= 0.6 is 0 Å². The van der Waals surface area contributed by atoms with Crippen molar-refractivity contribution in [1.29, 1.82) is 0 Å². The fraction of sp³-hybridized carbons (Fsp3) is 0.846. The fourth-order valence-corrected chi connectivity index (χ4v) is 2.60. The molecule has 0 saturated carbocycles. The molecule has 2 rings (SSSR count). The van der Waals surface area contributed by atoms with E-state index in [4.69, 9.17) is 4.74 Å². The molecule has 1 atom stereocenters. The monoisotopic (exact) mass is 269 g/mol. The average Bonchev–Trinajstić information content (AvgIpc) is 2.79. The van der Waals surface area contributed by atoms with Crippen molar-refractivity contribution < 1.29 is 14.3 Å². The van der Waals surface area contributed by atoms with Gasteiger partial charge >= 0.3 is 0 Å². The summed E-state index contributed by atoms with van der Waals surface area (Å²) in [6, 6.07) is -0.0523. The highest BCUT2D eigenvalue weighted by molar-refractivity contribution is 5.84. The van der Waals surface area contributed by atoms with E-state index in [2.05, 4.69) is 5.32 Å². The molecule has 0 aromatic heterocycles. The van der Waals surface area contributed by atoms with Gasteiger partial charge in [-0.1, -0.05) is 6.92 Å². The summed E-state index contributed by atoms with van der Waals surface area (Å²) in [5, 5.41) is 3.17. The van der Waals surface area contributed by atoms with Gasteiger partial charge in [0.05, 0.1) is 19.3 Å². The van der Waals surface area contributed by atoms with Gasteiger partial charge in [-0.15, -0.1) is 0 Å². The zero-order valence-corrected chi connectivity index (χ0v) is 11.6. The lowest BCUT2D eigenvalue weighted by Gasteiger charge is -2.27. The molecule has 1 N–H and O–H groups in total. The van der Waals surface area contributed by atoms with Crippen LogP contribution in [-0.2, 0) is 14.3 Å². The molecule has 6 nitrogen and oxygen atoms in total. The Hall–Kier alpha value is -1.14. The van der Waals surface area contributed by atoms with Gasteiger partial charge in [-0.25, -0.2) is 0 Å². The largest absolute Gasteiger partial charge is 0.378 e. The third kappa shape index (κ3) is 3.67. The Kier molecular flexibility index (Phi) is 5.15. The molecule has 0 bridgehead atoms. The van der Waals surface area contributed by atoms with Gasteiger partial charge in [0.15, 0.2) is 0 Å². The fourth-order valence-electron chi connectivity index (χ4n) is 2.60. The molecule has 108 valence electrons. The summed E-state index contributed by atoms with van der Waals surface area (Å²) in [6.45, 7) is 6.69. The van der Waals surface area contributed by atoms with Crippen LogP contribution in [0.15, 0.2) is 0 Å². The molecule has 0 aromatic rings. The molecule has 2 heterocycles. The minimum Gasteiger partial charge on any atom is -0.378 e. The van der Waals surface area contributed by atoms with Crippen molar-refractivity contribution in [2.45, 2.75) is 25.8 Å². The molecule has 0 radical (unpaired) electrons. The van der Waals surface area contributed by atoms with Crippen LogP contribution in [0.4, 0.5) is 0 Å². The number of morpholine rings is 1. The number of likely N-dealkylation sites (tertiary alicyclic amines) is 1. The first kappa shape index (κ1) is 14.3. The number of ether oxygens (including phenoxy) is 1. The molecule has 0 aliphatic carbocycles. The number of amides is 2. The van der Waals surface area contributed by atoms with Crippen molar-refractivity contribution in [2.75, 3.05) is 45.9 Å². The van der Waals surface area contributed by atoms with Crippen LogP contribution in [0.2, 0.25) is 0 Å². The van der Waals surface area contributed by atoms with E-state index in [1.54, 1.807) is 4.90 Å². The zero-order valence-electron chi connectivity index (χ0n) is 11.6. The number of carbonyl (C=O) groups excluding carboxylic acids is 2. The average molecular weight is 269 g/mol. The Balaban J connectivity index is 1.73. The van der Waals surface area contributed by atoms with E-state index in [1.807, 2.05) is 11.8 Å². The molecule has 6 heteroatoms. The smallest absolute Gasteiger partial charge is 0.239 e. The van der Waals surface area contributed by atoms with Crippen molar-refractivity contribution >= 4 is 11.8 Å². The molecule has 0 aromatic carbocycles. The van der Waals surface area contributed by atoms with Crippen molar-refractivity contribution in [3.8, 4) is 0 Å². The number of nitrogens with one attached hydrogen (secondary N) is 1. The highest BCUT2D eigenvalue weighted by Gasteiger charge is 2.31. The summed E-state index contributed by atoms with van der Waals surface area (Å²) in [4.78, 5) is 27.6. The van der Waals surface area contributed by atoms with E-state index in [0.29, 0.717) is 39.3 Å². The van der Waals surface area contributed by atoms with Crippen molar-refractivity contribution in [2.24, 2.45) is 0 Å². The molecule has 2 fully saturated rings. The van der Waals surface area contributed by atoms with E-state index in [9.17, 15) is 9.59 Å². The Bertz CT molecular complexity index is 329. The number of rotatable bonds is 5. The minimum absolute atomic E-state index is 0.0523. The third-order valence-electron chi connectivity index (χ3n) is 3.71. The third-order valence-corrected chi connectivity index (χ3v) is 3.71. The Labute approximate surface area is 114 Å². The van der Waals surface area contributed by atoms with Crippen LogP contribution < -0.4 is 5.32 Å². The molecule has 19 heavy (non-hydrogen) atoms. The Morgan fingerprint density at radius 3 is 2.79 bits per heavy atom. The summed E-state index contributed by atoms with van der Waals surface area (Å²) in [7, 11) is 0. The van der Waals surface area contributed by atoms with Crippen LogP contribution in [0.5, 0.6) is 0 Å². The van der Waals surface area contributed by atoms with Crippen molar-refractivity contribution in [1.82, 2.24) is 15.1 Å². The first-order valence-electron chi connectivity index (χ1n) is 7.10. The molecule has 2 amide bonds. The van der Waals surface area contributed by atoms with Gasteiger partial charge in [-0.05, 0) is 13.0 Å². The van der Waals surface area contributed by atoms with E-state index in [0.717, 1.165) is 19.5 Å². The summed E-state index contributed by atoms with van der Waals surface area (Å²) in [5.41, 5.74) is 0. The number of likely N-dealkylation sites (N-methyl/N-ethyl adjacent to an activating group) is 1. The highest BCUT2D eigenvalue weighted by atomic mass is 16.5. The van der Waals surface area contributed by atoms with Gasteiger partial charge in [0.1, 0.15) is 0 Å². The van der Waals surface area contributed by atoms with Crippen LogP contribution in [0.3, 0.4) is 0 Å². The second kappa shape index (κ2) is 6.86. The minimum atomic E-state index is -0.0523. The lowest BCUT2D eigenvalue weighted by Crippen LogP contribution is -2.43. The lowest BCUT2D eigenvalue weighted by molar-refractivity contribution is -0.136. The lowest BCUT2D eigenvalue weighted by atomic mass is 10.2. The van der Waals surface area contributed by atoms with Gasteiger partial charge < -0.3 is 19.9 Å².